The van der Waals surface area contributed by atoms with Crippen LogP contribution in [0.25, 0.3) is 0 Å². The van der Waals surface area contributed by atoms with Crippen LogP contribution in [-0.4, -0.2) is 70.1 Å². The van der Waals surface area contributed by atoms with Gasteiger partial charge < -0.3 is 19.7 Å². The maximum Gasteiger partial charge on any atom is 0.215 e. The molecule has 0 spiro atoms. The minimum Gasteiger partial charge on any atom is -0.492 e. The van der Waals surface area contributed by atoms with Crippen molar-refractivity contribution in [2.24, 2.45) is 0 Å². The summed E-state index contributed by atoms with van der Waals surface area (Å²) >= 11 is 0. The highest BCUT2D eigenvalue weighted by Gasteiger charge is 2.14. The number of morpholine rings is 1. The molecular formula is C19H27N5O4S. The minimum atomic E-state index is -3.41. The average molecular weight is 422 g/mol. The van der Waals surface area contributed by atoms with Crippen LogP contribution < -0.4 is 19.7 Å². The number of sulfonamides is 1. The molecule has 158 valence electrons. The maximum atomic E-state index is 12.1. The van der Waals surface area contributed by atoms with Crippen LogP contribution in [-0.2, 0) is 14.8 Å². The molecule has 1 aromatic heterocycles. The van der Waals surface area contributed by atoms with Crippen LogP contribution >= 0.6 is 0 Å². The van der Waals surface area contributed by atoms with Crippen LogP contribution in [0.1, 0.15) is 5.82 Å². The van der Waals surface area contributed by atoms with E-state index in [1.807, 2.05) is 31.2 Å². The van der Waals surface area contributed by atoms with E-state index >= 15 is 0 Å². The Balaban J connectivity index is 1.41. The first-order valence-electron chi connectivity index (χ1n) is 9.59. The lowest BCUT2D eigenvalue weighted by Gasteiger charge is -2.28. The highest BCUT2D eigenvalue weighted by atomic mass is 32.2. The normalized spacial score (nSPS) is 14.6. The summed E-state index contributed by atoms with van der Waals surface area (Å²) in [6, 6.07) is 11.0. The zero-order chi connectivity index (χ0) is 20.5. The number of aryl methyl sites for hydroxylation is 1. The lowest BCUT2D eigenvalue weighted by atomic mass is 10.3. The maximum absolute atomic E-state index is 12.1. The number of hydrogen-bond donors (Lipinski definition) is 2. The van der Waals surface area contributed by atoms with Crippen LogP contribution in [0.4, 0.5) is 11.6 Å². The SMILES string of the molecule is Cc1nc(NCCNS(=O)(=O)CCOc2ccccc2)cc(N2CCOCC2)n1. The van der Waals surface area contributed by atoms with Gasteiger partial charge in [0.1, 0.15) is 29.8 Å². The number of rotatable bonds is 10. The van der Waals surface area contributed by atoms with E-state index in [4.69, 9.17) is 9.47 Å². The third kappa shape index (κ3) is 7.15. The minimum absolute atomic E-state index is 0.0980. The van der Waals surface area contributed by atoms with Crippen LogP contribution in [0.2, 0.25) is 0 Å². The Hall–Kier alpha value is -2.43. The Bertz CT molecular complexity index is 873. The largest absolute Gasteiger partial charge is 0.492 e. The molecule has 2 aromatic rings. The monoisotopic (exact) mass is 421 g/mol. The van der Waals surface area contributed by atoms with Gasteiger partial charge in [-0.1, -0.05) is 18.2 Å². The lowest BCUT2D eigenvalue weighted by molar-refractivity contribution is 0.122. The summed E-state index contributed by atoms with van der Waals surface area (Å²) in [4.78, 5) is 11.0. The van der Waals surface area contributed by atoms with Gasteiger partial charge in [-0.25, -0.2) is 23.1 Å². The topological polar surface area (TPSA) is 106 Å². The van der Waals surface area contributed by atoms with Gasteiger partial charge in [0, 0.05) is 32.2 Å². The highest BCUT2D eigenvalue weighted by molar-refractivity contribution is 7.89. The predicted molar refractivity (Wildman–Crippen MR) is 112 cm³/mol. The van der Waals surface area contributed by atoms with Crippen molar-refractivity contribution in [2.45, 2.75) is 6.92 Å². The van der Waals surface area contributed by atoms with Gasteiger partial charge in [0.05, 0.1) is 19.0 Å². The third-order valence-electron chi connectivity index (χ3n) is 4.28. The third-order valence-corrected chi connectivity index (χ3v) is 5.62. The first-order chi connectivity index (χ1) is 14.0. The molecule has 0 aliphatic carbocycles. The first kappa shape index (κ1) is 21.3. The van der Waals surface area contributed by atoms with Crippen molar-refractivity contribution in [3.05, 3.63) is 42.2 Å². The van der Waals surface area contributed by atoms with E-state index in [0.29, 0.717) is 37.2 Å². The quantitative estimate of drug-likeness (QED) is 0.548. The zero-order valence-corrected chi connectivity index (χ0v) is 17.3. The molecule has 2 heterocycles. The van der Waals surface area contributed by atoms with Crippen molar-refractivity contribution in [1.29, 1.82) is 0 Å². The Kier molecular flexibility index (Phi) is 7.62. The van der Waals surface area contributed by atoms with Gasteiger partial charge in [-0.15, -0.1) is 0 Å². The fourth-order valence-corrected chi connectivity index (χ4v) is 3.71. The molecule has 0 atom stereocenters. The van der Waals surface area contributed by atoms with E-state index in [1.54, 1.807) is 12.1 Å². The second kappa shape index (κ2) is 10.4. The smallest absolute Gasteiger partial charge is 0.215 e. The molecule has 0 radical (unpaired) electrons. The van der Waals surface area contributed by atoms with Gasteiger partial charge in [-0.05, 0) is 19.1 Å². The number of aromatic nitrogens is 2. The Morgan fingerprint density at radius 1 is 1.14 bits per heavy atom. The molecule has 2 N–H and O–H groups in total. The molecule has 3 rings (SSSR count). The van der Waals surface area contributed by atoms with Gasteiger partial charge in [-0.3, -0.25) is 0 Å². The fraction of sp³-hybridized carbons (Fsp3) is 0.474. The second-order valence-corrected chi connectivity index (χ2v) is 8.49. The van der Waals surface area contributed by atoms with Crippen LogP contribution in [0, 0.1) is 6.92 Å². The average Bonchev–Trinajstić information content (AvgIpc) is 2.72. The second-order valence-electron chi connectivity index (χ2n) is 6.56. The van der Waals surface area contributed by atoms with Crippen molar-refractivity contribution >= 4 is 21.7 Å². The molecule has 0 bridgehead atoms. The van der Waals surface area contributed by atoms with E-state index in [2.05, 4.69) is 24.9 Å². The van der Waals surface area contributed by atoms with Gasteiger partial charge >= 0.3 is 0 Å². The molecule has 1 aromatic carbocycles. The van der Waals surface area contributed by atoms with Crippen molar-refractivity contribution in [3.63, 3.8) is 0 Å². The summed E-state index contributed by atoms with van der Waals surface area (Å²) in [7, 11) is -3.41. The summed E-state index contributed by atoms with van der Waals surface area (Å²) in [6.07, 6.45) is 0. The summed E-state index contributed by atoms with van der Waals surface area (Å²) in [5.74, 6) is 2.73. The number of hydrogen-bond acceptors (Lipinski definition) is 8. The number of anilines is 2. The number of benzene rings is 1. The van der Waals surface area contributed by atoms with Crippen LogP contribution in [0.15, 0.2) is 36.4 Å². The standard InChI is InChI=1S/C19H27N5O4S/c1-16-22-18(15-19(23-16)24-9-11-27-12-10-24)20-7-8-21-29(25,26)14-13-28-17-5-3-2-4-6-17/h2-6,15,21H,7-14H2,1H3,(H,20,22,23). The molecule has 1 aliphatic rings. The van der Waals surface area contributed by atoms with E-state index in [-0.39, 0.29) is 18.9 Å². The van der Waals surface area contributed by atoms with Crippen LogP contribution in [0.5, 0.6) is 5.75 Å². The molecule has 29 heavy (non-hydrogen) atoms. The highest BCUT2D eigenvalue weighted by Crippen LogP contribution is 2.17. The molecule has 1 saturated heterocycles. The molecule has 10 heteroatoms. The molecule has 1 aliphatic heterocycles. The van der Waals surface area contributed by atoms with Crippen molar-refractivity contribution in [2.75, 3.05) is 62.0 Å². The van der Waals surface area contributed by atoms with Crippen molar-refractivity contribution < 1.29 is 17.9 Å². The molecule has 0 unspecified atom stereocenters. The summed E-state index contributed by atoms with van der Waals surface area (Å²) in [5.41, 5.74) is 0. The number of para-hydroxylation sites is 1. The van der Waals surface area contributed by atoms with Gasteiger partial charge in [0.25, 0.3) is 0 Å². The van der Waals surface area contributed by atoms with Gasteiger partial charge in [0.15, 0.2) is 0 Å². The fourth-order valence-electron chi connectivity index (χ4n) is 2.85. The Morgan fingerprint density at radius 3 is 2.66 bits per heavy atom. The molecule has 9 nitrogen and oxygen atoms in total. The van der Waals surface area contributed by atoms with E-state index in [1.165, 1.54) is 0 Å². The van der Waals surface area contributed by atoms with Crippen LogP contribution in [0.3, 0.4) is 0 Å². The van der Waals surface area contributed by atoms with Gasteiger partial charge in [0.2, 0.25) is 10.0 Å². The van der Waals surface area contributed by atoms with E-state index < -0.39 is 10.0 Å². The van der Waals surface area contributed by atoms with Gasteiger partial charge in [-0.2, -0.15) is 0 Å². The Morgan fingerprint density at radius 2 is 1.90 bits per heavy atom. The zero-order valence-electron chi connectivity index (χ0n) is 16.5. The summed E-state index contributed by atoms with van der Waals surface area (Å²) in [6.45, 7) is 5.55. The number of nitrogens with zero attached hydrogens (tertiary/aromatic N) is 3. The van der Waals surface area contributed by atoms with E-state index in [0.717, 1.165) is 18.9 Å². The first-order valence-corrected chi connectivity index (χ1v) is 11.2. The number of ether oxygens (including phenoxy) is 2. The summed E-state index contributed by atoms with van der Waals surface area (Å²) in [5, 5.41) is 3.15. The molecule has 0 saturated carbocycles. The van der Waals surface area contributed by atoms with Crippen molar-refractivity contribution in [1.82, 2.24) is 14.7 Å². The molecule has 1 fully saturated rings. The predicted octanol–water partition coefficient (Wildman–Crippen LogP) is 1.03. The van der Waals surface area contributed by atoms with E-state index in [9.17, 15) is 8.42 Å². The molecular weight excluding hydrogens is 394 g/mol. The lowest BCUT2D eigenvalue weighted by Crippen LogP contribution is -2.37. The number of nitrogens with one attached hydrogen (secondary N) is 2. The van der Waals surface area contributed by atoms with Crippen molar-refractivity contribution in [3.8, 4) is 5.75 Å². The molecule has 0 amide bonds. The summed E-state index contributed by atoms with van der Waals surface area (Å²) < 4.78 is 37.5. The Labute approximate surface area is 171 Å².